The van der Waals surface area contributed by atoms with Crippen molar-refractivity contribution in [3.8, 4) is 5.75 Å². The number of hydrogen-bond donors (Lipinski definition) is 2. The largest absolute Gasteiger partial charge is 0.497 e. The van der Waals surface area contributed by atoms with E-state index in [0.717, 1.165) is 40.7 Å². The molecule has 1 atom stereocenters. The number of benzene rings is 2. The molecule has 0 aliphatic rings. The first kappa shape index (κ1) is 20.0. The maximum Gasteiger partial charge on any atom is 0.220 e. The second-order valence-electron chi connectivity index (χ2n) is 7.23. The highest BCUT2D eigenvalue weighted by atomic mass is 16.5. The number of carbonyl (C=O) groups is 1. The fraction of sp³-hybridized carbons (Fsp3) is 0.375. The van der Waals surface area contributed by atoms with Crippen LogP contribution in [0.1, 0.15) is 56.1 Å². The van der Waals surface area contributed by atoms with Gasteiger partial charge in [-0.15, -0.1) is 0 Å². The summed E-state index contributed by atoms with van der Waals surface area (Å²) in [7, 11) is 1.67. The van der Waals surface area contributed by atoms with E-state index in [9.17, 15) is 4.79 Å². The third-order valence-electron chi connectivity index (χ3n) is 5.23. The van der Waals surface area contributed by atoms with Crippen molar-refractivity contribution in [2.75, 3.05) is 13.7 Å². The van der Waals surface area contributed by atoms with Gasteiger partial charge in [-0.2, -0.15) is 0 Å². The van der Waals surface area contributed by atoms with Gasteiger partial charge in [0.1, 0.15) is 5.75 Å². The quantitative estimate of drug-likeness (QED) is 0.464. The van der Waals surface area contributed by atoms with Crippen molar-refractivity contribution in [1.82, 2.24) is 10.3 Å². The molecule has 4 heteroatoms. The molecule has 2 aromatic carbocycles. The molecule has 2 N–H and O–H groups in total. The zero-order valence-electron chi connectivity index (χ0n) is 16.8. The van der Waals surface area contributed by atoms with Crippen molar-refractivity contribution in [3.63, 3.8) is 0 Å². The van der Waals surface area contributed by atoms with Crippen LogP contribution in [0.5, 0.6) is 5.75 Å². The molecule has 3 aromatic rings. The van der Waals surface area contributed by atoms with Gasteiger partial charge in [-0.3, -0.25) is 4.79 Å². The van der Waals surface area contributed by atoms with Crippen molar-refractivity contribution in [3.05, 3.63) is 65.9 Å². The van der Waals surface area contributed by atoms with Gasteiger partial charge >= 0.3 is 0 Å². The number of hydrogen-bond acceptors (Lipinski definition) is 2. The number of aromatic amines is 1. The summed E-state index contributed by atoms with van der Waals surface area (Å²) in [6.07, 6.45) is 7.07. The smallest absolute Gasteiger partial charge is 0.220 e. The lowest BCUT2D eigenvalue weighted by Crippen LogP contribution is -2.26. The van der Waals surface area contributed by atoms with E-state index in [-0.39, 0.29) is 11.8 Å². The normalized spacial score (nSPS) is 12.1. The second-order valence-corrected chi connectivity index (χ2v) is 7.23. The van der Waals surface area contributed by atoms with E-state index in [0.29, 0.717) is 6.42 Å². The van der Waals surface area contributed by atoms with Crippen molar-refractivity contribution >= 4 is 16.8 Å². The molecule has 3 rings (SSSR count). The molecule has 0 bridgehead atoms. The molecule has 0 spiro atoms. The molecular weight excluding hydrogens is 348 g/mol. The van der Waals surface area contributed by atoms with Gasteiger partial charge in [-0.05, 0) is 35.7 Å². The molecule has 1 heterocycles. The van der Waals surface area contributed by atoms with Crippen LogP contribution < -0.4 is 10.1 Å². The van der Waals surface area contributed by atoms with Crippen LogP contribution >= 0.6 is 0 Å². The predicted molar refractivity (Wildman–Crippen MR) is 115 cm³/mol. The van der Waals surface area contributed by atoms with Crippen molar-refractivity contribution in [1.29, 1.82) is 0 Å². The fourth-order valence-corrected chi connectivity index (χ4v) is 3.69. The Morgan fingerprint density at radius 1 is 1.11 bits per heavy atom. The molecule has 28 heavy (non-hydrogen) atoms. The molecule has 4 nitrogen and oxygen atoms in total. The molecule has 0 saturated carbocycles. The summed E-state index contributed by atoms with van der Waals surface area (Å²) in [5.41, 5.74) is 3.32. The lowest BCUT2D eigenvalue weighted by Gasteiger charge is -2.18. The molecule has 1 amide bonds. The SMILES string of the molecule is CCCCCCNC(=O)C[C@@H](c1cccc(OC)c1)c1c[nH]c2ccccc12. The third-order valence-corrected chi connectivity index (χ3v) is 5.23. The minimum absolute atomic E-state index is 0.0260. The van der Waals surface area contributed by atoms with E-state index < -0.39 is 0 Å². The van der Waals surface area contributed by atoms with E-state index in [1.165, 1.54) is 19.3 Å². The molecule has 0 saturated heterocycles. The molecule has 1 aromatic heterocycles. The third kappa shape index (κ3) is 4.94. The zero-order valence-corrected chi connectivity index (χ0v) is 16.8. The lowest BCUT2D eigenvalue weighted by molar-refractivity contribution is -0.121. The Labute approximate surface area is 167 Å². The molecule has 0 unspecified atom stereocenters. The number of amides is 1. The first-order valence-corrected chi connectivity index (χ1v) is 10.2. The van der Waals surface area contributed by atoms with Gasteiger partial charge in [0.25, 0.3) is 0 Å². The van der Waals surface area contributed by atoms with Crippen LogP contribution in [-0.4, -0.2) is 24.5 Å². The average molecular weight is 379 g/mol. The standard InChI is InChI=1S/C24H30N2O2/c1-3-4-5-8-14-25-24(27)16-21(18-10-9-11-19(15-18)28-2)22-17-26-23-13-7-6-12-20(22)23/h6-7,9-13,15,17,21,26H,3-5,8,14,16H2,1-2H3,(H,25,27)/t21-/m0/s1. The van der Waals surface area contributed by atoms with Crippen molar-refractivity contribution < 1.29 is 9.53 Å². The fourth-order valence-electron chi connectivity index (χ4n) is 3.69. The van der Waals surface area contributed by atoms with Gasteiger partial charge in [-0.25, -0.2) is 0 Å². The highest BCUT2D eigenvalue weighted by molar-refractivity contribution is 5.86. The number of ether oxygens (including phenoxy) is 1. The number of carbonyl (C=O) groups excluding carboxylic acids is 1. The minimum Gasteiger partial charge on any atom is -0.497 e. The number of methoxy groups -OCH3 is 1. The van der Waals surface area contributed by atoms with Crippen LogP contribution in [0.15, 0.2) is 54.7 Å². The van der Waals surface area contributed by atoms with E-state index in [1.807, 2.05) is 36.5 Å². The predicted octanol–water partition coefficient (Wildman–Crippen LogP) is 5.40. The van der Waals surface area contributed by atoms with Crippen molar-refractivity contribution in [2.24, 2.45) is 0 Å². The van der Waals surface area contributed by atoms with Crippen LogP contribution in [0.25, 0.3) is 10.9 Å². The summed E-state index contributed by atoms with van der Waals surface area (Å²) in [6, 6.07) is 16.3. The topological polar surface area (TPSA) is 54.1 Å². The van der Waals surface area contributed by atoms with Gasteiger partial charge in [-0.1, -0.05) is 56.5 Å². The van der Waals surface area contributed by atoms with Gasteiger partial charge in [0.05, 0.1) is 7.11 Å². The first-order chi connectivity index (χ1) is 13.7. The van der Waals surface area contributed by atoms with Crippen LogP contribution in [0.3, 0.4) is 0 Å². The molecule has 148 valence electrons. The summed E-state index contributed by atoms with van der Waals surface area (Å²) < 4.78 is 5.41. The Morgan fingerprint density at radius 2 is 1.96 bits per heavy atom. The van der Waals surface area contributed by atoms with E-state index in [1.54, 1.807) is 7.11 Å². The molecule has 0 radical (unpaired) electrons. The number of nitrogens with one attached hydrogen (secondary N) is 2. The van der Waals surface area contributed by atoms with E-state index in [4.69, 9.17) is 4.74 Å². The Kier molecular flexibility index (Phi) is 7.12. The highest BCUT2D eigenvalue weighted by Gasteiger charge is 2.21. The van der Waals surface area contributed by atoms with Crippen LogP contribution in [-0.2, 0) is 4.79 Å². The molecule has 0 aliphatic heterocycles. The number of aromatic nitrogens is 1. The molecule has 0 fully saturated rings. The molecule has 0 aliphatic carbocycles. The summed E-state index contributed by atoms with van der Waals surface area (Å²) in [6.45, 7) is 2.94. The summed E-state index contributed by atoms with van der Waals surface area (Å²) in [5, 5.41) is 4.26. The number of fused-ring (bicyclic) bond motifs is 1. The average Bonchev–Trinajstić information content (AvgIpc) is 3.16. The minimum atomic E-state index is -0.0260. The van der Waals surface area contributed by atoms with E-state index >= 15 is 0 Å². The van der Waals surface area contributed by atoms with Gasteiger partial charge < -0.3 is 15.0 Å². The Morgan fingerprint density at radius 3 is 2.79 bits per heavy atom. The van der Waals surface area contributed by atoms with Crippen molar-refractivity contribution in [2.45, 2.75) is 44.9 Å². The number of unbranched alkanes of at least 4 members (excludes halogenated alkanes) is 3. The van der Waals surface area contributed by atoms with Gasteiger partial charge in [0, 0.05) is 36.0 Å². The van der Waals surface area contributed by atoms with Gasteiger partial charge in [0.15, 0.2) is 0 Å². The van der Waals surface area contributed by atoms with Crippen LogP contribution in [0.2, 0.25) is 0 Å². The lowest BCUT2D eigenvalue weighted by atomic mass is 9.88. The second kappa shape index (κ2) is 9.98. The Balaban J connectivity index is 1.82. The summed E-state index contributed by atoms with van der Waals surface area (Å²) in [4.78, 5) is 16.0. The van der Waals surface area contributed by atoms with E-state index in [2.05, 4.69) is 35.4 Å². The number of H-pyrrole nitrogens is 1. The maximum atomic E-state index is 12.7. The summed E-state index contributed by atoms with van der Waals surface area (Å²) >= 11 is 0. The van der Waals surface area contributed by atoms with Crippen LogP contribution in [0.4, 0.5) is 0 Å². The maximum absolute atomic E-state index is 12.7. The Hall–Kier alpha value is -2.75. The molecular formula is C24H30N2O2. The first-order valence-electron chi connectivity index (χ1n) is 10.2. The number of para-hydroxylation sites is 1. The monoisotopic (exact) mass is 378 g/mol. The Bertz CT molecular complexity index is 900. The summed E-state index contributed by atoms with van der Waals surface area (Å²) in [5.74, 6) is 0.874. The van der Waals surface area contributed by atoms with Crippen LogP contribution in [0, 0.1) is 0 Å². The zero-order chi connectivity index (χ0) is 19.8. The highest BCUT2D eigenvalue weighted by Crippen LogP contribution is 2.34. The number of rotatable bonds is 10. The van der Waals surface area contributed by atoms with Gasteiger partial charge in [0.2, 0.25) is 5.91 Å².